The van der Waals surface area contributed by atoms with Gasteiger partial charge in [-0.2, -0.15) is 0 Å². The number of azide groups is 1. The average Bonchev–Trinajstić information content (AvgIpc) is 3.77. The zero-order chi connectivity index (χ0) is 46.7. The molecule has 0 bridgehead atoms. The molecule has 0 unspecified atom stereocenters. The second-order valence-corrected chi connectivity index (χ2v) is 16.7. The van der Waals surface area contributed by atoms with Gasteiger partial charge in [0.1, 0.15) is 48.8 Å². The number of carbonyl (C=O) groups excluding carboxylic acids is 5. The Morgan fingerprint density at radius 3 is 2.27 bits per heavy atom. The number of nitrogens with one attached hydrogen (secondary N) is 3. The molecule has 0 saturated heterocycles. The van der Waals surface area contributed by atoms with Crippen LogP contribution >= 0.6 is 11.3 Å². The Labute approximate surface area is 377 Å². The molecular formula is C44H71N9O9S. The highest BCUT2D eigenvalue weighted by atomic mass is 32.1. The zero-order valence-electron chi connectivity index (χ0n) is 38.7. The van der Waals surface area contributed by atoms with Gasteiger partial charge in [0.15, 0.2) is 0 Å². The fourth-order valence-corrected chi connectivity index (χ4v) is 7.49. The molecule has 0 spiro atoms. The van der Waals surface area contributed by atoms with Crippen LogP contribution in [0.25, 0.3) is 10.4 Å². The molecule has 19 heteroatoms. The lowest BCUT2D eigenvalue weighted by molar-refractivity contribution is -0.149. The van der Waals surface area contributed by atoms with Gasteiger partial charge in [0, 0.05) is 48.9 Å². The SMILES string of the molecule is CCCO[C@H](C[C@H](C(C)C)N(COCC)C(=O)[C@@H](NC(=O)[C@@H](CCC)N(C)C)[C@@H](C)CC)c1nc(C(=O)N[C@@H](Cc2ccccc2)C(=O)NCC(=O)OCCOCCN=[N+]=[N-])cs1. The number of hydrogen-bond acceptors (Lipinski definition) is 13. The third-order valence-corrected chi connectivity index (χ3v) is 11.3. The monoisotopic (exact) mass is 902 g/mol. The number of hydrogen-bond donors (Lipinski definition) is 3. The van der Waals surface area contributed by atoms with Crippen molar-refractivity contribution in [1.82, 2.24) is 30.7 Å². The van der Waals surface area contributed by atoms with Crippen molar-refractivity contribution in [3.63, 3.8) is 0 Å². The number of aromatic nitrogens is 1. The number of amides is 4. The number of likely N-dealkylation sites (N-methyl/N-ethyl adjacent to an activating group) is 1. The Morgan fingerprint density at radius 2 is 1.65 bits per heavy atom. The van der Waals surface area contributed by atoms with E-state index in [0.29, 0.717) is 43.9 Å². The Balaban J connectivity index is 2.35. The fraction of sp³-hybridized carbons (Fsp3) is 0.682. The molecule has 2 aromatic rings. The summed E-state index contributed by atoms with van der Waals surface area (Å²) in [4.78, 5) is 79.0. The van der Waals surface area contributed by atoms with Crippen molar-refractivity contribution in [2.45, 2.75) is 117 Å². The fourth-order valence-electron chi connectivity index (χ4n) is 6.63. The van der Waals surface area contributed by atoms with Crippen LogP contribution in [0.15, 0.2) is 40.8 Å². The Hall–Kier alpha value is -4.65. The summed E-state index contributed by atoms with van der Waals surface area (Å²) in [6.45, 7) is 14.6. The first-order valence-electron chi connectivity index (χ1n) is 22.0. The van der Waals surface area contributed by atoms with Crippen LogP contribution in [0.4, 0.5) is 0 Å². The Kier molecular flexibility index (Phi) is 26.3. The number of benzene rings is 1. The van der Waals surface area contributed by atoms with Gasteiger partial charge in [-0.3, -0.25) is 28.9 Å². The maximum Gasteiger partial charge on any atom is 0.325 e. The number of thiazole rings is 1. The van der Waals surface area contributed by atoms with Crippen molar-refractivity contribution in [2.24, 2.45) is 17.0 Å². The molecule has 352 valence electrons. The lowest BCUT2D eigenvalue weighted by Gasteiger charge is -2.39. The van der Waals surface area contributed by atoms with Gasteiger partial charge in [0.2, 0.25) is 17.7 Å². The maximum atomic E-state index is 14.7. The molecule has 0 aliphatic carbocycles. The molecule has 0 aliphatic rings. The van der Waals surface area contributed by atoms with Gasteiger partial charge < -0.3 is 39.8 Å². The molecule has 0 radical (unpaired) electrons. The summed E-state index contributed by atoms with van der Waals surface area (Å²) >= 11 is 1.24. The highest BCUT2D eigenvalue weighted by Gasteiger charge is 2.38. The van der Waals surface area contributed by atoms with E-state index in [1.165, 1.54) is 11.3 Å². The zero-order valence-corrected chi connectivity index (χ0v) is 39.5. The Morgan fingerprint density at radius 1 is 0.921 bits per heavy atom. The first kappa shape index (κ1) is 54.5. The number of nitrogens with zero attached hydrogens (tertiary/aromatic N) is 6. The largest absolute Gasteiger partial charge is 0.462 e. The summed E-state index contributed by atoms with van der Waals surface area (Å²) in [6.07, 6.45) is 2.71. The molecule has 6 atom stereocenters. The molecule has 4 amide bonds. The Bertz CT molecular complexity index is 1730. The predicted octanol–water partition coefficient (Wildman–Crippen LogP) is 5.44. The van der Waals surface area contributed by atoms with Gasteiger partial charge in [-0.1, -0.05) is 89.8 Å². The summed E-state index contributed by atoms with van der Waals surface area (Å²) in [7, 11) is 3.73. The summed E-state index contributed by atoms with van der Waals surface area (Å²) in [5.41, 5.74) is 9.20. The van der Waals surface area contributed by atoms with Crippen LogP contribution in [-0.4, -0.2) is 135 Å². The van der Waals surface area contributed by atoms with Gasteiger partial charge in [-0.25, -0.2) is 4.98 Å². The quantitative estimate of drug-likeness (QED) is 0.0209. The van der Waals surface area contributed by atoms with E-state index in [0.717, 1.165) is 12.0 Å². The molecule has 18 nitrogen and oxygen atoms in total. The number of carbonyl (C=O) groups is 5. The van der Waals surface area contributed by atoms with E-state index in [4.69, 9.17) is 29.5 Å². The molecule has 3 N–H and O–H groups in total. The van der Waals surface area contributed by atoms with Crippen molar-refractivity contribution < 1.29 is 42.9 Å². The van der Waals surface area contributed by atoms with E-state index in [-0.39, 0.29) is 74.9 Å². The number of ether oxygens (including phenoxy) is 4. The summed E-state index contributed by atoms with van der Waals surface area (Å²) in [6, 6.07) is 6.51. The third-order valence-electron chi connectivity index (χ3n) is 10.4. The normalized spacial score (nSPS) is 14.1. The predicted molar refractivity (Wildman–Crippen MR) is 242 cm³/mol. The molecule has 1 heterocycles. The van der Waals surface area contributed by atoms with Crippen LogP contribution in [0.2, 0.25) is 0 Å². The second kappa shape index (κ2) is 30.4. The first-order valence-corrected chi connectivity index (χ1v) is 22.9. The van der Waals surface area contributed by atoms with Crippen molar-refractivity contribution in [1.29, 1.82) is 0 Å². The van der Waals surface area contributed by atoms with E-state index in [1.807, 2.05) is 97.8 Å². The molecule has 0 fully saturated rings. The summed E-state index contributed by atoms with van der Waals surface area (Å²) in [5.74, 6) is -2.54. The van der Waals surface area contributed by atoms with E-state index >= 15 is 0 Å². The molecule has 1 aromatic carbocycles. The standard InChI is InChI=1S/C44H71N9O9S/c1-10-17-35(52(8)9)42(57)50-39(31(7)12-3)44(58)53(29-59-13-4)36(30(5)6)26-37(61-21-11-2)43-49-34(28-63-43)41(56)48-33(25-32-18-15-14-16-19-32)40(55)46-27-38(54)62-24-23-60-22-20-47-51-45/h14-16,18-19,28,30-31,33,35-37,39H,10-13,17,20-27,29H2,1-9H3,(H,46,55)(H,48,56)(H,50,57)/t31-,33-,35+,36+,37+,39-/m0/s1. The van der Waals surface area contributed by atoms with Crippen molar-refractivity contribution in [2.75, 3.05) is 67.0 Å². The number of esters is 1. The molecule has 0 aliphatic heterocycles. The van der Waals surface area contributed by atoms with E-state index in [1.54, 1.807) is 10.3 Å². The van der Waals surface area contributed by atoms with E-state index in [9.17, 15) is 24.0 Å². The van der Waals surface area contributed by atoms with Crippen LogP contribution < -0.4 is 16.0 Å². The van der Waals surface area contributed by atoms with Crippen LogP contribution in [0.1, 0.15) is 108 Å². The number of rotatable bonds is 32. The summed E-state index contributed by atoms with van der Waals surface area (Å²) < 4.78 is 22.7. The van der Waals surface area contributed by atoms with E-state index < -0.39 is 48.6 Å². The minimum atomic E-state index is -1.06. The van der Waals surface area contributed by atoms with Gasteiger partial charge in [0.05, 0.1) is 19.3 Å². The maximum absolute atomic E-state index is 14.7. The van der Waals surface area contributed by atoms with Gasteiger partial charge in [-0.15, -0.1) is 11.3 Å². The lowest BCUT2D eigenvalue weighted by Crippen LogP contribution is -2.58. The minimum Gasteiger partial charge on any atom is -0.462 e. The average molecular weight is 902 g/mol. The van der Waals surface area contributed by atoms with Crippen LogP contribution in [-0.2, 0) is 44.5 Å². The smallest absolute Gasteiger partial charge is 0.325 e. The van der Waals surface area contributed by atoms with Crippen LogP contribution in [0, 0.1) is 11.8 Å². The molecule has 0 saturated carbocycles. The first-order chi connectivity index (χ1) is 30.2. The van der Waals surface area contributed by atoms with Gasteiger partial charge in [0.25, 0.3) is 5.91 Å². The minimum absolute atomic E-state index is 0.0101. The summed E-state index contributed by atoms with van der Waals surface area (Å²) in [5, 5.41) is 14.0. The second-order valence-electron chi connectivity index (χ2n) is 15.8. The molecular weight excluding hydrogens is 831 g/mol. The van der Waals surface area contributed by atoms with Crippen molar-refractivity contribution >= 4 is 40.9 Å². The van der Waals surface area contributed by atoms with Gasteiger partial charge >= 0.3 is 5.97 Å². The van der Waals surface area contributed by atoms with Crippen LogP contribution in [0.5, 0.6) is 0 Å². The third kappa shape index (κ3) is 19.3. The highest BCUT2D eigenvalue weighted by molar-refractivity contribution is 7.09. The van der Waals surface area contributed by atoms with Crippen LogP contribution in [0.3, 0.4) is 0 Å². The molecule has 2 rings (SSSR count). The molecule has 1 aromatic heterocycles. The topological polar surface area (TPSA) is 226 Å². The molecule has 63 heavy (non-hydrogen) atoms. The van der Waals surface area contributed by atoms with Crippen molar-refractivity contribution in [3.8, 4) is 0 Å². The van der Waals surface area contributed by atoms with Gasteiger partial charge in [-0.05, 0) is 56.8 Å². The highest BCUT2D eigenvalue weighted by Crippen LogP contribution is 2.31. The lowest BCUT2D eigenvalue weighted by atomic mass is 9.92. The van der Waals surface area contributed by atoms with Crippen molar-refractivity contribution in [3.05, 3.63) is 62.4 Å². The van der Waals surface area contributed by atoms with E-state index in [2.05, 4.69) is 26.0 Å².